The molecule has 45 heavy (non-hydrogen) atoms. The smallest absolute Gasteiger partial charge is 0.438 e. The molecule has 3 heterocycles. The van der Waals surface area contributed by atoms with Crippen LogP contribution in [0.1, 0.15) is 31.9 Å². The summed E-state index contributed by atoms with van der Waals surface area (Å²) in [6.45, 7) is -2.11. The van der Waals surface area contributed by atoms with Crippen molar-refractivity contribution >= 4 is 54.4 Å². The Morgan fingerprint density at radius 1 is 1.09 bits per heavy atom. The molecule has 2 aromatic heterocycles. The molecule has 0 spiro atoms. The number of nitrogens with one attached hydrogen (secondary N) is 1. The van der Waals surface area contributed by atoms with Crippen LogP contribution in [0.25, 0.3) is 11.2 Å². The fraction of sp³-hybridized carbons (Fsp3) is 0.667. The van der Waals surface area contributed by atoms with E-state index in [-0.39, 0.29) is 23.5 Å². The summed E-state index contributed by atoms with van der Waals surface area (Å²) in [5, 5.41) is 25.0. The van der Waals surface area contributed by atoms with Gasteiger partial charge in [-0.25, -0.2) is 14.6 Å². The van der Waals surface area contributed by atoms with Gasteiger partial charge in [-0.05, 0) is 24.4 Å². The second-order valence-electron chi connectivity index (χ2n) is 10.1. The molecule has 3 N–H and O–H groups in total. The summed E-state index contributed by atoms with van der Waals surface area (Å²) < 4.78 is 48.2. The first-order valence-electron chi connectivity index (χ1n) is 13.7. The lowest BCUT2D eigenvalue weighted by Crippen LogP contribution is -2.41. The molecule has 2 aromatic rings. The number of fused-ring (bicyclic) bond motifs is 1. The minimum Gasteiger partial charge on any atom is -0.438 e. The largest absolute Gasteiger partial charge is 0.510 e. The van der Waals surface area contributed by atoms with E-state index < -0.39 is 70.1 Å². The lowest BCUT2D eigenvalue weighted by Gasteiger charge is -2.25. The van der Waals surface area contributed by atoms with Gasteiger partial charge in [0.2, 0.25) is 24.8 Å². The number of aliphatic hydroxyl groups is 2. The number of hydrogen-bond donors (Lipinski definition) is 3. The SMILES string of the molecule is COC(=O)OCOP(=O)(CC(=O)N(C)C[C@H]1O[C@@H](n2cnc3c(NC4CCCC4)nc(Cl)nc32)[C@H](O)[C@@H]1O)OCOC(=O)OC. The van der Waals surface area contributed by atoms with Gasteiger partial charge in [0.1, 0.15) is 24.5 Å². The van der Waals surface area contributed by atoms with Crippen LogP contribution in [-0.4, -0.2) is 125 Å². The van der Waals surface area contributed by atoms with Crippen molar-refractivity contribution in [3.63, 3.8) is 0 Å². The normalized spacial score (nSPS) is 21.9. The van der Waals surface area contributed by atoms with Crippen LogP contribution in [-0.2, 0) is 42.1 Å². The quantitative estimate of drug-likeness (QED) is 0.118. The van der Waals surface area contributed by atoms with Crippen LogP contribution < -0.4 is 5.32 Å². The van der Waals surface area contributed by atoms with Crippen molar-refractivity contribution in [2.75, 3.05) is 52.9 Å². The number of carbonyl (C=O) groups is 3. The summed E-state index contributed by atoms with van der Waals surface area (Å²) in [6.07, 6.45) is -2.88. The first-order chi connectivity index (χ1) is 21.4. The van der Waals surface area contributed by atoms with Gasteiger partial charge in [0.25, 0.3) is 0 Å². The fourth-order valence-corrected chi connectivity index (χ4v) is 6.19. The molecule has 2 aliphatic rings. The number of aromatic nitrogens is 4. The molecule has 0 radical (unpaired) electrons. The number of likely N-dealkylation sites (N-methyl/N-ethyl adjacent to an activating group) is 1. The summed E-state index contributed by atoms with van der Waals surface area (Å²) >= 11 is 6.20. The molecule has 0 aromatic carbocycles. The zero-order valence-corrected chi connectivity index (χ0v) is 26.2. The lowest BCUT2D eigenvalue weighted by atomic mass is 10.1. The molecule has 0 unspecified atom stereocenters. The average Bonchev–Trinajstić information content (AvgIpc) is 3.73. The number of carbonyl (C=O) groups excluding carboxylic acids is 3. The molecule has 4 rings (SSSR count). The van der Waals surface area contributed by atoms with Crippen molar-refractivity contribution in [3.8, 4) is 0 Å². The Labute approximate surface area is 261 Å². The zero-order chi connectivity index (χ0) is 32.7. The number of ether oxygens (including phenoxy) is 5. The minimum absolute atomic E-state index is 0.0532. The summed E-state index contributed by atoms with van der Waals surface area (Å²) in [4.78, 5) is 49.4. The maximum absolute atomic E-state index is 13.2. The van der Waals surface area contributed by atoms with Gasteiger partial charge in [-0.1, -0.05) is 12.8 Å². The Hall–Kier alpha value is -3.32. The van der Waals surface area contributed by atoms with Gasteiger partial charge in [-0.3, -0.25) is 23.0 Å². The molecule has 1 saturated carbocycles. The third-order valence-corrected chi connectivity index (χ3v) is 8.92. The van der Waals surface area contributed by atoms with Crippen molar-refractivity contribution in [2.45, 2.75) is 56.3 Å². The maximum Gasteiger partial charge on any atom is 0.510 e. The molecule has 1 saturated heterocycles. The summed E-state index contributed by atoms with van der Waals surface area (Å²) in [6, 6.07) is 0.212. The second kappa shape index (κ2) is 15.3. The van der Waals surface area contributed by atoms with Crippen LogP contribution in [0.5, 0.6) is 0 Å². The van der Waals surface area contributed by atoms with E-state index in [2.05, 4.69) is 39.2 Å². The number of halogens is 1. The minimum atomic E-state index is -4.39. The Kier molecular flexibility index (Phi) is 11.8. The van der Waals surface area contributed by atoms with Gasteiger partial charge in [-0.2, -0.15) is 9.97 Å². The Bertz CT molecular complexity index is 1380. The third kappa shape index (κ3) is 8.69. The van der Waals surface area contributed by atoms with Crippen molar-refractivity contribution in [1.82, 2.24) is 24.4 Å². The van der Waals surface area contributed by atoms with Gasteiger partial charge in [0.05, 0.1) is 20.5 Å². The Balaban J connectivity index is 1.42. The highest BCUT2D eigenvalue weighted by Crippen LogP contribution is 2.48. The van der Waals surface area contributed by atoms with Crippen molar-refractivity contribution in [2.24, 2.45) is 0 Å². The summed E-state index contributed by atoms with van der Waals surface area (Å²) in [5.41, 5.74) is 0.658. The number of aliphatic hydroxyl groups excluding tert-OH is 2. The highest BCUT2D eigenvalue weighted by atomic mass is 35.5. The monoisotopic (exact) mass is 680 g/mol. The van der Waals surface area contributed by atoms with Crippen LogP contribution in [0.3, 0.4) is 0 Å². The number of nitrogens with zero attached hydrogens (tertiary/aromatic N) is 5. The lowest BCUT2D eigenvalue weighted by molar-refractivity contribution is -0.130. The molecule has 2 fully saturated rings. The van der Waals surface area contributed by atoms with Gasteiger partial charge >= 0.3 is 19.9 Å². The second-order valence-corrected chi connectivity index (χ2v) is 12.5. The molecule has 250 valence electrons. The number of hydrogen-bond acceptors (Lipinski definition) is 17. The van der Waals surface area contributed by atoms with Gasteiger partial charge < -0.3 is 44.1 Å². The third-order valence-electron chi connectivity index (χ3n) is 7.10. The average molecular weight is 681 g/mol. The van der Waals surface area contributed by atoms with Crippen molar-refractivity contribution < 1.29 is 61.9 Å². The van der Waals surface area contributed by atoms with E-state index in [0.717, 1.165) is 44.8 Å². The number of imidazole rings is 1. The predicted molar refractivity (Wildman–Crippen MR) is 151 cm³/mol. The van der Waals surface area contributed by atoms with E-state index in [0.29, 0.717) is 11.3 Å². The highest BCUT2D eigenvalue weighted by Gasteiger charge is 2.45. The van der Waals surface area contributed by atoms with E-state index >= 15 is 0 Å². The van der Waals surface area contributed by atoms with Crippen LogP contribution in [0.4, 0.5) is 15.4 Å². The van der Waals surface area contributed by atoms with E-state index in [1.165, 1.54) is 17.9 Å². The molecule has 19 nitrogen and oxygen atoms in total. The number of methoxy groups -OCH3 is 2. The van der Waals surface area contributed by atoms with Crippen molar-refractivity contribution in [1.29, 1.82) is 0 Å². The number of amides is 1. The first-order valence-corrected chi connectivity index (χ1v) is 15.8. The summed E-state index contributed by atoms with van der Waals surface area (Å²) in [5.74, 6) is -0.383. The van der Waals surface area contributed by atoms with Gasteiger partial charge in [-0.15, -0.1) is 0 Å². The molecule has 1 aliphatic heterocycles. The molecule has 21 heteroatoms. The van der Waals surface area contributed by atoms with E-state index in [9.17, 15) is 29.2 Å². The van der Waals surface area contributed by atoms with E-state index in [1.807, 2.05) is 0 Å². The van der Waals surface area contributed by atoms with Crippen LogP contribution in [0, 0.1) is 0 Å². The topological polar surface area (TPSA) is 232 Å². The van der Waals surface area contributed by atoms with E-state index in [1.54, 1.807) is 0 Å². The standard InChI is InChI=1S/C24H34ClN6O13P/c1-30(15(32)9-45(37,42-11-40-23(35)38-2)43-12-41-24(36)39-3)8-14-17(33)18(34)21(44-14)31-10-26-16-19(27-13-6-4-5-7-13)28-22(25)29-20(16)31/h10,13-14,17-18,21,33-34H,4-9,11-12H2,1-3H3,(H,27,28,29)/t14-,17-,18-,21-/m1/s1. The molecule has 1 amide bonds. The van der Waals surface area contributed by atoms with E-state index in [4.69, 9.17) is 25.4 Å². The molecule has 0 bridgehead atoms. The Morgan fingerprint density at radius 2 is 1.71 bits per heavy atom. The van der Waals surface area contributed by atoms with Crippen LogP contribution in [0.2, 0.25) is 5.28 Å². The molecular formula is C24H34ClN6O13P. The van der Waals surface area contributed by atoms with Gasteiger partial charge in [0, 0.05) is 19.6 Å². The number of rotatable bonds is 13. The number of anilines is 1. The predicted octanol–water partition coefficient (Wildman–Crippen LogP) is 1.62. The van der Waals surface area contributed by atoms with Crippen LogP contribution in [0.15, 0.2) is 6.33 Å². The molecule has 1 aliphatic carbocycles. The van der Waals surface area contributed by atoms with Crippen molar-refractivity contribution in [3.05, 3.63) is 11.6 Å². The zero-order valence-electron chi connectivity index (χ0n) is 24.6. The maximum atomic E-state index is 13.2. The Morgan fingerprint density at radius 3 is 2.31 bits per heavy atom. The first kappa shape index (κ1) is 34.6. The van der Waals surface area contributed by atoms with Gasteiger partial charge in [0.15, 0.2) is 23.2 Å². The van der Waals surface area contributed by atoms with Crippen LogP contribution >= 0.6 is 19.2 Å². The highest BCUT2D eigenvalue weighted by molar-refractivity contribution is 7.54. The molecular weight excluding hydrogens is 647 g/mol. The molecule has 4 atom stereocenters. The fourth-order valence-electron chi connectivity index (χ4n) is 4.76. The summed E-state index contributed by atoms with van der Waals surface area (Å²) in [7, 11) is -1.00.